The van der Waals surface area contributed by atoms with Crippen LogP contribution in [0.4, 0.5) is 0 Å². The molecule has 0 aromatic heterocycles. The Morgan fingerprint density at radius 3 is 0.750 bits per heavy atom. The second kappa shape index (κ2) is 20.7. The van der Waals surface area contributed by atoms with Crippen molar-refractivity contribution in [3.8, 4) is 0 Å². The first-order chi connectivity index (χ1) is 6.81. The van der Waals surface area contributed by atoms with Gasteiger partial charge in [-0.3, -0.25) is 0 Å². The zero-order valence-electron chi connectivity index (χ0n) is 7.74. The maximum absolute atomic E-state index is 9.15. The molecule has 0 fully saturated rings. The molecule has 0 aliphatic heterocycles. The summed E-state index contributed by atoms with van der Waals surface area (Å²) in [6, 6.07) is 0. The van der Waals surface area contributed by atoms with Crippen molar-refractivity contribution in [2.24, 2.45) is 0 Å². The van der Waals surface area contributed by atoms with Crippen molar-refractivity contribution < 1.29 is 29.7 Å². The number of aliphatic carboxylic acids is 3. The second-order valence-corrected chi connectivity index (χ2v) is 2.42. The van der Waals surface area contributed by atoms with Gasteiger partial charge in [0.1, 0.15) is 0 Å². The molecule has 0 N–H and O–H groups in total. The third-order valence-electron chi connectivity index (χ3n) is 0.354. The maximum atomic E-state index is 9.15. The van der Waals surface area contributed by atoms with Gasteiger partial charge in [0.25, 0.3) is 0 Å². The summed E-state index contributed by atoms with van der Waals surface area (Å²) in [4.78, 5) is 27.5. The fourth-order valence-corrected chi connectivity index (χ4v) is 0. The molecule has 0 rings (SSSR count). The van der Waals surface area contributed by atoms with Gasteiger partial charge in [0.15, 0.2) is 0 Å². The van der Waals surface area contributed by atoms with Crippen LogP contribution in [0.25, 0.3) is 0 Å². The van der Waals surface area contributed by atoms with Crippen molar-refractivity contribution in [1.82, 2.24) is 0 Å². The molecule has 0 saturated heterocycles. The van der Waals surface area contributed by atoms with Gasteiger partial charge < -0.3 is 67.6 Å². The van der Waals surface area contributed by atoms with Crippen molar-refractivity contribution in [1.29, 1.82) is 0 Å². The summed E-state index contributed by atoms with van der Waals surface area (Å²) in [5.74, 6) is -4.46. The van der Waals surface area contributed by atoms with Crippen molar-refractivity contribution in [3.05, 3.63) is 0 Å². The maximum Gasteiger partial charge on any atom is 3.00 e. The zero-order valence-corrected chi connectivity index (χ0v) is 13.7. The number of rotatable bonds is 3. The van der Waals surface area contributed by atoms with Crippen LogP contribution < -0.4 is 15.3 Å². The second-order valence-electron chi connectivity index (χ2n) is 1.55. The summed E-state index contributed by atoms with van der Waals surface area (Å²) >= 11 is 12.0. The van der Waals surface area contributed by atoms with E-state index in [0.717, 1.165) is 0 Å². The minimum absolute atomic E-state index is 0. The molecule has 0 aliphatic carbocycles. The zero-order chi connectivity index (χ0) is 12.9. The van der Waals surface area contributed by atoms with Gasteiger partial charge in [-0.2, -0.15) is 0 Å². The molecule has 92 valence electrons. The Balaban J connectivity index is -0.0000000655. The minimum Gasteiger partial charge on any atom is -0.787 e. The Labute approximate surface area is 128 Å². The molecule has 0 aromatic carbocycles. The fourth-order valence-electron chi connectivity index (χ4n) is 0. The van der Waals surface area contributed by atoms with Crippen molar-refractivity contribution >= 4 is 82.0 Å². The standard InChI is InChI=1S/3C2H4O2S.Bi/c3*3-2(4)1-5;/h3*5H,1H2,(H,3,4);/q;;;+3/p-6. The number of carboxylic acids is 3. The quantitative estimate of drug-likeness (QED) is 0.288. The summed E-state index contributed by atoms with van der Waals surface area (Å²) in [6.45, 7) is 0. The molecule has 10 heteroatoms. The Hall–Kier alpha value is 0.343. The number of carboxylic acid groups (broad SMARTS) is 3. The van der Waals surface area contributed by atoms with Crippen LogP contribution in [0.1, 0.15) is 0 Å². The summed E-state index contributed by atoms with van der Waals surface area (Å²) < 4.78 is 0. The third-order valence-corrected chi connectivity index (χ3v) is 1.06. The molecule has 0 aromatic rings. The van der Waals surface area contributed by atoms with Crippen LogP contribution >= 0.6 is 0 Å². The number of carbonyl (C=O) groups excluding carboxylic acids is 3. The third kappa shape index (κ3) is 63.5. The summed E-state index contributed by atoms with van der Waals surface area (Å²) in [7, 11) is 0. The van der Waals surface area contributed by atoms with Gasteiger partial charge in [-0.15, -0.1) is 17.3 Å². The van der Waals surface area contributed by atoms with E-state index in [4.69, 9.17) is 29.7 Å². The largest absolute Gasteiger partial charge is 3.00 e. The van der Waals surface area contributed by atoms with E-state index in [1.54, 1.807) is 0 Å². The molecule has 0 bridgehead atoms. The van der Waals surface area contributed by atoms with E-state index < -0.39 is 17.9 Å². The van der Waals surface area contributed by atoms with E-state index in [9.17, 15) is 0 Å². The van der Waals surface area contributed by atoms with Gasteiger partial charge in [-0.05, 0) is 0 Å². The molecule has 0 unspecified atom stereocenters. The van der Waals surface area contributed by atoms with E-state index >= 15 is 0 Å². The topological polar surface area (TPSA) is 120 Å². The van der Waals surface area contributed by atoms with Gasteiger partial charge in [0.05, 0.1) is 0 Å². The molecular formula is C6H6BiO6S3-3. The Kier molecular flexibility index (Phi) is 32.7. The molecule has 2 radical (unpaired) electrons. The van der Waals surface area contributed by atoms with Gasteiger partial charge >= 0.3 is 26.2 Å². The average Bonchev–Trinajstić information content (AvgIpc) is 2.19. The Bertz CT molecular complexity index is 167. The van der Waals surface area contributed by atoms with Gasteiger partial charge in [-0.25, -0.2) is 0 Å². The average molecular weight is 479 g/mol. The predicted octanol–water partition coefficient (Wildman–Crippen LogP) is -5.53. The molecular weight excluding hydrogens is 473 g/mol. The Morgan fingerprint density at radius 1 is 0.688 bits per heavy atom. The van der Waals surface area contributed by atoms with E-state index in [1.165, 1.54) is 0 Å². The molecule has 0 aliphatic rings. The van der Waals surface area contributed by atoms with Gasteiger partial charge in [-0.1, -0.05) is 0 Å². The Morgan fingerprint density at radius 2 is 0.750 bits per heavy atom. The number of hydrogen-bond acceptors (Lipinski definition) is 9. The van der Waals surface area contributed by atoms with Crippen LogP contribution in [0.15, 0.2) is 0 Å². The first-order valence-electron chi connectivity index (χ1n) is 3.15. The molecule has 6 nitrogen and oxygen atoms in total. The van der Waals surface area contributed by atoms with Crippen LogP contribution in [0, 0.1) is 0 Å². The monoisotopic (exact) mass is 479 g/mol. The van der Waals surface area contributed by atoms with E-state index in [2.05, 4.69) is 37.9 Å². The molecule has 0 heterocycles. The van der Waals surface area contributed by atoms with Crippen molar-refractivity contribution in [2.75, 3.05) is 17.3 Å². The van der Waals surface area contributed by atoms with Crippen molar-refractivity contribution in [3.63, 3.8) is 0 Å². The van der Waals surface area contributed by atoms with E-state index in [0.29, 0.717) is 0 Å². The summed E-state index contributed by atoms with van der Waals surface area (Å²) in [5, 5.41) is 27.5. The summed E-state index contributed by atoms with van der Waals surface area (Å²) in [5.41, 5.74) is 0. The first kappa shape index (κ1) is 25.3. The SMILES string of the molecule is O=C([O-])C[S-].O=C([O-])C[S-].O=C([O-])C[S-].[Bi+3]. The van der Waals surface area contributed by atoms with Crippen LogP contribution in [0.5, 0.6) is 0 Å². The van der Waals surface area contributed by atoms with Crippen LogP contribution in [0.3, 0.4) is 0 Å². The fraction of sp³-hybridized carbons (Fsp3) is 0.500. The van der Waals surface area contributed by atoms with Gasteiger partial charge in [0.2, 0.25) is 0 Å². The molecule has 0 spiro atoms. The van der Waals surface area contributed by atoms with Crippen LogP contribution in [-0.2, 0) is 52.3 Å². The first-order valence-corrected chi connectivity index (χ1v) is 4.88. The molecule has 0 atom stereocenters. The van der Waals surface area contributed by atoms with E-state index in [-0.39, 0.29) is 43.5 Å². The summed E-state index contributed by atoms with van der Waals surface area (Å²) in [6.07, 6.45) is 0. The van der Waals surface area contributed by atoms with Crippen molar-refractivity contribution in [2.45, 2.75) is 0 Å². The normalized spacial score (nSPS) is 6.94. The predicted molar refractivity (Wildman–Crippen MR) is 57.5 cm³/mol. The number of carbonyl (C=O) groups is 3. The molecule has 0 amide bonds. The number of hydrogen-bond donors (Lipinski definition) is 0. The molecule has 0 saturated carbocycles. The van der Waals surface area contributed by atoms with Crippen LogP contribution in [-0.4, -0.2) is 61.4 Å². The van der Waals surface area contributed by atoms with E-state index in [1.807, 2.05) is 0 Å². The van der Waals surface area contributed by atoms with Crippen LogP contribution in [0.2, 0.25) is 0 Å². The van der Waals surface area contributed by atoms with Gasteiger partial charge in [0, 0.05) is 17.9 Å². The minimum atomic E-state index is -1.18. The molecule has 16 heavy (non-hydrogen) atoms. The smallest absolute Gasteiger partial charge is 0.787 e.